The van der Waals surface area contributed by atoms with E-state index in [1.807, 2.05) is 67.6 Å². The molecule has 2 aromatic carbocycles. The summed E-state index contributed by atoms with van der Waals surface area (Å²) < 4.78 is 17.7. The van der Waals surface area contributed by atoms with Gasteiger partial charge in [-0.2, -0.15) is 0 Å². The minimum atomic E-state index is -0.743. The van der Waals surface area contributed by atoms with Crippen LogP contribution in [-0.2, 0) is 11.4 Å². The number of carboxylic acids is 1. The van der Waals surface area contributed by atoms with E-state index in [4.69, 9.17) is 13.9 Å². The molecule has 0 saturated carbocycles. The van der Waals surface area contributed by atoms with Gasteiger partial charge in [0.15, 0.2) is 11.5 Å². The van der Waals surface area contributed by atoms with Gasteiger partial charge in [-0.25, -0.2) is 0 Å². The molecule has 0 aliphatic carbocycles. The average molecular weight is 436 g/mol. The minimum absolute atomic E-state index is 0.186. The van der Waals surface area contributed by atoms with E-state index in [1.54, 1.807) is 6.26 Å². The number of hydrogen-bond acceptors (Lipinski definition) is 5. The molecule has 1 N–H and O–H groups in total. The van der Waals surface area contributed by atoms with Gasteiger partial charge >= 0.3 is 5.97 Å². The summed E-state index contributed by atoms with van der Waals surface area (Å²) in [5.41, 5.74) is 2.07. The summed E-state index contributed by atoms with van der Waals surface area (Å²) in [6, 6.07) is 19.6. The van der Waals surface area contributed by atoms with Crippen molar-refractivity contribution < 1.29 is 23.8 Å². The molecular formula is C26H29NO5. The first-order chi connectivity index (χ1) is 15.7. The van der Waals surface area contributed by atoms with Crippen molar-refractivity contribution in [3.8, 4) is 11.5 Å². The van der Waals surface area contributed by atoms with E-state index in [-0.39, 0.29) is 12.0 Å². The van der Waals surface area contributed by atoms with Crippen molar-refractivity contribution in [1.29, 1.82) is 0 Å². The fourth-order valence-electron chi connectivity index (χ4n) is 4.26. The molecule has 1 aliphatic rings. The van der Waals surface area contributed by atoms with Gasteiger partial charge in [0.2, 0.25) is 0 Å². The Labute approximate surface area is 188 Å². The molecule has 6 heteroatoms. The topological polar surface area (TPSA) is 72.1 Å². The maximum absolute atomic E-state index is 11.6. The Morgan fingerprint density at radius 2 is 1.97 bits per heavy atom. The number of benzene rings is 2. The van der Waals surface area contributed by atoms with Crippen molar-refractivity contribution in [2.75, 3.05) is 19.7 Å². The molecular weight excluding hydrogens is 406 g/mol. The molecule has 2 unspecified atom stereocenters. The number of rotatable bonds is 9. The SMILES string of the molecule is CCOc1cc(C(c2ccco2)N2CCCC(C(=O)O)C2)ccc1OCc1ccccc1. The maximum atomic E-state index is 11.6. The van der Waals surface area contributed by atoms with Crippen LogP contribution in [0.2, 0.25) is 0 Å². The standard InChI is InChI=1S/C26H29NO5/c1-2-30-24-16-20(12-13-22(24)32-18-19-8-4-3-5-9-19)25(23-11-7-15-31-23)27-14-6-10-21(17-27)26(28)29/h3-5,7-9,11-13,15-16,21,25H,2,6,10,14,17-18H2,1H3,(H,28,29). The number of carboxylic acid groups (broad SMARTS) is 1. The number of furan rings is 1. The zero-order valence-corrected chi connectivity index (χ0v) is 18.3. The molecule has 1 fully saturated rings. The number of aliphatic carboxylic acids is 1. The molecule has 3 aromatic rings. The molecule has 168 valence electrons. The summed E-state index contributed by atoms with van der Waals surface area (Å²) in [6.45, 7) is 4.21. The quantitative estimate of drug-likeness (QED) is 0.502. The molecule has 0 spiro atoms. The second kappa shape index (κ2) is 10.4. The smallest absolute Gasteiger partial charge is 0.307 e. The van der Waals surface area contributed by atoms with Gasteiger partial charge in [-0.05, 0) is 61.7 Å². The zero-order chi connectivity index (χ0) is 22.3. The van der Waals surface area contributed by atoms with Gasteiger partial charge in [-0.3, -0.25) is 9.69 Å². The van der Waals surface area contributed by atoms with Crippen LogP contribution in [0.4, 0.5) is 0 Å². The monoisotopic (exact) mass is 435 g/mol. The highest BCUT2D eigenvalue weighted by Crippen LogP contribution is 2.37. The lowest BCUT2D eigenvalue weighted by Gasteiger charge is -2.36. The Hall–Kier alpha value is -3.25. The predicted molar refractivity (Wildman–Crippen MR) is 121 cm³/mol. The molecule has 6 nitrogen and oxygen atoms in total. The Bertz CT molecular complexity index is 1000. The molecule has 2 heterocycles. The van der Waals surface area contributed by atoms with Crippen molar-refractivity contribution in [2.45, 2.75) is 32.4 Å². The average Bonchev–Trinajstić information content (AvgIpc) is 3.34. The maximum Gasteiger partial charge on any atom is 0.307 e. The predicted octanol–water partition coefficient (Wildman–Crippen LogP) is 5.14. The molecule has 0 amide bonds. The molecule has 0 radical (unpaired) electrons. The summed E-state index contributed by atoms with van der Waals surface area (Å²) in [7, 11) is 0. The largest absolute Gasteiger partial charge is 0.490 e. The van der Waals surface area contributed by atoms with Crippen LogP contribution in [0.15, 0.2) is 71.3 Å². The van der Waals surface area contributed by atoms with E-state index in [2.05, 4.69) is 4.90 Å². The zero-order valence-electron chi connectivity index (χ0n) is 18.3. The third-order valence-electron chi connectivity index (χ3n) is 5.80. The van der Waals surface area contributed by atoms with E-state index in [1.165, 1.54) is 0 Å². The van der Waals surface area contributed by atoms with Crippen LogP contribution in [0.25, 0.3) is 0 Å². The third kappa shape index (κ3) is 5.14. The lowest BCUT2D eigenvalue weighted by Crippen LogP contribution is -2.41. The summed E-state index contributed by atoms with van der Waals surface area (Å²) in [4.78, 5) is 13.8. The lowest BCUT2D eigenvalue weighted by molar-refractivity contribution is -0.143. The van der Waals surface area contributed by atoms with E-state index in [0.29, 0.717) is 37.7 Å². The number of piperidine rings is 1. The summed E-state index contributed by atoms with van der Waals surface area (Å²) in [6.07, 6.45) is 3.19. The van der Waals surface area contributed by atoms with Gasteiger partial charge in [-0.15, -0.1) is 0 Å². The highest BCUT2D eigenvalue weighted by Gasteiger charge is 2.33. The second-order valence-electron chi connectivity index (χ2n) is 8.00. The van der Waals surface area contributed by atoms with Gasteiger partial charge in [0.05, 0.1) is 24.8 Å². The van der Waals surface area contributed by atoms with Crippen molar-refractivity contribution in [2.24, 2.45) is 5.92 Å². The first-order valence-corrected chi connectivity index (χ1v) is 11.1. The van der Waals surface area contributed by atoms with Crippen LogP contribution in [0.3, 0.4) is 0 Å². The van der Waals surface area contributed by atoms with Crippen LogP contribution >= 0.6 is 0 Å². The van der Waals surface area contributed by atoms with E-state index >= 15 is 0 Å². The molecule has 32 heavy (non-hydrogen) atoms. The Balaban J connectivity index is 1.62. The Morgan fingerprint density at radius 3 is 2.69 bits per heavy atom. The van der Waals surface area contributed by atoms with Crippen molar-refractivity contribution in [3.63, 3.8) is 0 Å². The van der Waals surface area contributed by atoms with Gasteiger partial charge in [0.1, 0.15) is 12.4 Å². The second-order valence-corrected chi connectivity index (χ2v) is 8.00. The number of carbonyl (C=O) groups is 1. The summed E-state index contributed by atoms with van der Waals surface area (Å²) >= 11 is 0. The van der Waals surface area contributed by atoms with E-state index in [9.17, 15) is 9.90 Å². The molecule has 0 bridgehead atoms. The number of likely N-dealkylation sites (tertiary alicyclic amines) is 1. The molecule has 2 atom stereocenters. The van der Waals surface area contributed by atoms with Crippen LogP contribution < -0.4 is 9.47 Å². The van der Waals surface area contributed by atoms with Crippen LogP contribution in [0.5, 0.6) is 11.5 Å². The Morgan fingerprint density at radius 1 is 1.12 bits per heavy atom. The van der Waals surface area contributed by atoms with Gasteiger partial charge < -0.3 is 19.0 Å². The lowest BCUT2D eigenvalue weighted by atomic mass is 9.93. The highest BCUT2D eigenvalue weighted by atomic mass is 16.5. The summed E-state index contributed by atoms with van der Waals surface area (Å²) in [5, 5.41) is 9.56. The van der Waals surface area contributed by atoms with E-state index < -0.39 is 5.97 Å². The van der Waals surface area contributed by atoms with Gasteiger partial charge in [0.25, 0.3) is 0 Å². The van der Waals surface area contributed by atoms with E-state index in [0.717, 1.165) is 29.9 Å². The Kier molecular flexibility index (Phi) is 7.12. The van der Waals surface area contributed by atoms with Crippen molar-refractivity contribution >= 4 is 5.97 Å². The highest BCUT2D eigenvalue weighted by molar-refractivity contribution is 5.70. The number of nitrogens with zero attached hydrogens (tertiary/aromatic N) is 1. The normalized spacial score (nSPS) is 17.6. The number of hydrogen-bond donors (Lipinski definition) is 1. The first-order valence-electron chi connectivity index (χ1n) is 11.1. The molecule has 1 aromatic heterocycles. The number of ether oxygens (including phenoxy) is 2. The third-order valence-corrected chi connectivity index (χ3v) is 5.80. The fourth-order valence-corrected chi connectivity index (χ4v) is 4.26. The van der Waals surface area contributed by atoms with Crippen molar-refractivity contribution in [1.82, 2.24) is 4.90 Å². The fraction of sp³-hybridized carbons (Fsp3) is 0.346. The van der Waals surface area contributed by atoms with Crippen molar-refractivity contribution in [3.05, 3.63) is 83.8 Å². The molecule has 1 aliphatic heterocycles. The van der Waals surface area contributed by atoms with Crippen LogP contribution in [0.1, 0.15) is 42.7 Å². The minimum Gasteiger partial charge on any atom is -0.490 e. The van der Waals surface area contributed by atoms with Gasteiger partial charge in [-0.1, -0.05) is 36.4 Å². The summed E-state index contributed by atoms with van der Waals surface area (Å²) in [5.74, 6) is 1.02. The molecule has 1 saturated heterocycles. The van der Waals surface area contributed by atoms with Gasteiger partial charge in [0, 0.05) is 6.54 Å². The molecule has 4 rings (SSSR count). The first kappa shape index (κ1) is 22.0. The van der Waals surface area contributed by atoms with Crippen LogP contribution in [-0.4, -0.2) is 35.7 Å². The van der Waals surface area contributed by atoms with Crippen LogP contribution in [0, 0.1) is 5.92 Å².